The van der Waals surface area contributed by atoms with Gasteiger partial charge in [-0.1, -0.05) is 42.5 Å². The zero-order valence-corrected chi connectivity index (χ0v) is 12.3. The predicted octanol–water partition coefficient (Wildman–Crippen LogP) is 4.17. The number of allylic oxidation sites excluding steroid dienone is 2. The lowest BCUT2D eigenvalue weighted by molar-refractivity contribution is -0.128. The summed E-state index contributed by atoms with van der Waals surface area (Å²) in [5.41, 5.74) is 3.17. The molecule has 2 aromatic rings. The molecular formula is C19H16O3. The van der Waals surface area contributed by atoms with Crippen molar-refractivity contribution in [3.8, 4) is 11.5 Å². The van der Waals surface area contributed by atoms with Gasteiger partial charge >= 0.3 is 5.97 Å². The van der Waals surface area contributed by atoms with Gasteiger partial charge in [-0.15, -0.1) is 0 Å². The van der Waals surface area contributed by atoms with Crippen LogP contribution < -0.4 is 4.74 Å². The molecule has 0 fully saturated rings. The molecule has 2 atom stereocenters. The van der Waals surface area contributed by atoms with Crippen LogP contribution in [0.1, 0.15) is 36.3 Å². The highest BCUT2D eigenvalue weighted by Gasteiger charge is 2.42. The van der Waals surface area contributed by atoms with Crippen LogP contribution in [0.3, 0.4) is 0 Å². The number of carbonyl (C=O) groups is 1. The Bertz CT molecular complexity index is 861. The summed E-state index contributed by atoms with van der Waals surface area (Å²) in [6.45, 7) is 5.57. The summed E-state index contributed by atoms with van der Waals surface area (Å²) in [6, 6.07) is 7.50. The number of aromatic hydroxyl groups is 1. The Kier molecular flexibility index (Phi) is 2.67. The molecule has 2 bridgehead atoms. The topological polar surface area (TPSA) is 46.5 Å². The summed E-state index contributed by atoms with van der Waals surface area (Å²) in [5, 5.41) is 12.2. The number of hydrogen-bond acceptors (Lipinski definition) is 3. The zero-order valence-electron chi connectivity index (χ0n) is 12.3. The van der Waals surface area contributed by atoms with E-state index in [4.69, 9.17) is 4.74 Å². The van der Waals surface area contributed by atoms with E-state index in [0.717, 1.165) is 28.3 Å². The number of benzene rings is 2. The minimum atomic E-state index is -0.470. The first-order valence-electron chi connectivity index (χ1n) is 7.41. The third-order valence-corrected chi connectivity index (χ3v) is 4.81. The van der Waals surface area contributed by atoms with Crippen LogP contribution >= 0.6 is 0 Å². The standard InChI is InChI=1S/C19H16O3/c1-3-15(20)22-19-13-7-5-4-6-12(13)18(21)16-11-8-10(2)14(9-11)17(16)19/h3-8,11,14,21H,1,9H2,2H3. The molecule has 4 rings (SSSR count). The lowest BCUT2D eigenvalue weighted by Crippen LogP contribution is -2.09. The van der Waals surface area contributed by atoms with E-state index in [9.17, 15) is 9.90 Å². The maximum Gasteiger partial charge on any atom is 0.335 e. The molecule has 0 heterocycles. The van der Waals surface area contributed by atoms with Crippen molar-refractivity contribution in [1.82, 2.24) is 0 Å². The highest BCUT2D eigenvalue weighted by molar-refractivity contribution is 5.99. The summed E-state index contributed by atoms with van der Waals surface area (Å²) in [6.07, 6.45) is 4.33. The van der Waals surface area contributed by atoms with Crippen LogP contribution in [-0.2, 0) is 4.79 Å². The van der Waals surface area contributed by atoms with Crippen molar-refractivity contribution >= 4 is 16.7 Å². The van der Waals surface area contributed by atoms with E-state index in [-0.39, 0.29) is 11.8 Å². The quantitative estimate of drug-likeness (QED) is 0.391. The largest absolute Gasteiger partial charge is 0.507 e. The van der Waals surface area contributed by atoms with Crippen molar-refractivity contribution in [2.75, 3.05) is 0 Å². The summed E-state index contributed by atoms with van der Waals surface area (Å²) in [7, 11) is 0. The maximum atomic E-state index is 11.8. The van der Waals surface area contributed by atoms with Gasteiger partial charge in [-0.2, -0.15) is 0 Å². The second kappa shape index (κ2) is 4.47. The molecule has 2 aliphatic rings. The monoisotopic (exact) mass is 292 g/mol. The van der Waals surface area contributed by atoms with E-state index < -0.39 is 5.97 Å². The smallest absolute Gasteiger partial charge is 0.335 e. The van der Waals surface area contributed by atoms with E-state index >= 15 is 0 Å². The molecule has 1 N–H and O–H groups in total. The maximum absolute atomic E-state index is 11.8. The van der Waals surface area contributed by atoms with Crippen molar-refractivity contribution in [3.63, 3.8) is 0 Å². The summed E-state index contributed by atoms with van der Waals surface area (Å²) in [4.78, 5) is 11.8. The molecule has 0 aromatic heterocycles. The van der Waals surface area contributed by atoms with Gasteiger partial charge in [0, 0.05) is 39.8 Å². The van der Waals surface area contributed by atoms with Crippen LogP contribution in [-0.4, -0.2) is 11.1 Å². The fourth-order valence-corrected chi connectivity index (χ4v) is 3.89. The molecule has 3 heteroatoms. The van der Waals surface area contributed by atoms with Crippen molar-refractivity contribution in [2.45, 2.75) is 25.2 Å². The molecule has 2 aliphatic carbocycles. The number of phenols is 1. The van der Waals surface area contributed by atoms with Gasteiger partial charge in [0.2, 0.25) is 0 Å². The zero-order chi connectivity index (χ0) is 15.4. The highest BCUT2D eigenvalue weighted by Crippen LogP contribution is 2.60. The first kappa shape index (κ1) is 13.1. The van der Waals surface area contributed by atoms with E-state index in [1.807, 2.05) is 24.3 Å². The predicted molar refractivity (Wildman–Crippen MR) is 85.3 cm³/mol. The number of esters is 1. The van der Waals surface area contributed by atoms with Crippen molar-refractivity contribution < 1.29 is 14.6 Å². The van der Waals surface area contributed by atoms with Crippen LogP contribution in [0.15, 0.2) is 48.6 Å². The Hall–Kier alpha value is -2.55. The minimum Gasteiger partial charge on any atom is -0.507 e. The van der Waals surface area contributed by atoms with Gasteiger partial charge in [0.15, 0.2) is 0 Å². The van der Waals surface area contributed by atoms with E-state index in [2.05, 4.69) is 19.6 Å². The van der Waals surface area contributed by atoms with Crippen LogP contribution in [0.4, 0.5) is 0 Å². The van der Waals surface area contributed by atoms with E-state index in [1.165, 1.54) is 11.6 Å². The SMILES string of the molecule is C=CC(=O)Oc1c2c(c(O)c3ccccc13)C1C=C(C)C2C1. The molecule has 110 valence electrons. The molecule has 2 unspecified atom stereocenters. The molecule has 0 amide bonds. The molecule has 0 saturated heterocycles. The first-order valence-corrected chi connectivity index (χ1v) is 7.41. The fraction of sp³-hybridized carbons (Fsp3) is 0.211. The lowest BCUT2D eigenvalue weighted by Gasteiger charge is -2.21. The molecule has 0 saturated carbocycles. The van der Waals surface area contributed by atoms with Crippen LogP contribution in [0, 0.1) is 0 Å². The average molecular weight is 292 g/mol. The van der Waals surface area contributed by atoms with Gasteiger partial charge < -0.3 is 9.84 Å². The number of phenolic OH excluding ortho intramolecular Hbond substituents is 1. The highest BCUT2D eigenvalue weighted by atomic mass is 16.5. The molecule has 3 nitrogen and oxygen atoms in total. The van der Waals surface area contributed by atoms with Crippen molar-refractivity contribution in [3.05, 3.63) is 59.7 Å². The average Bonchev–Trinajstić information content (AvgIpc) is 3.08. The summed E-state index contributed by atoms with van der Waals surface area (Å²) in [5.74, 6) is 0.866. The van der Waals surface area contributed by atoms with Gasteiger partial charge in [0.05, 0.1) is 0 Å². The molecule has 22 heavy (non-hydrogen) atoms. The van der Waals surface area contributed by atoms with E-state index in [1.54, 1.807) is 0 Å². The number of fused-ring (bicyclic) bond motifs is 6. The second-order valence-electron chi connectivity index (χ2n) is 5.98. The lowest BCUT2D eigenvalue weighted by atomic mass is 9.87. The minimum absolute atomic E-state index is 0.214. The number of hydrogen-bond donors (Lipinski definition) is 1. The number of ether oxygens (including phenoxy) is 1. The first-order chi connectivity index (χ1) is 10.6. The molecule has 0 spiro atoms. The van der Waals surface area contributed by atoms with Gasteiger partial charge in [-0.25, -0.2) is 4.79 Å². The molecule has 0 aliphatic heterocycles. The Balaban J connectivity index is 2.07. The van der Waals surface area contributed by atoms with Crippen molar-refractivity contribution in [2.24, 2.45) is 0 Å². The Morgan fingerprint density at radius 2 is 2.05 bits per heavy atom. The Morgan fingerprint density at radius 1 is 1.32 bits per heavy atom. The van der Waals surface area contributed by atoms with Crippen LogP contribution in [0.25, 0.3) is 10.8 Å². The van der Waals surface area contributed by atoms with Gasteiger partial charge in [0.25, 0.3) is 0 Å². The van der Waals surface area contributed by atoms with Gasteiger partial charge in [-0.05, 0) is 13.3 Å². The summed E-state index contributed by atoms with van der Waals surface area (Å²) < 4.78 is 5.58. The Morgan fingerprint density at radius 3 is 2.77 bits per heavy atom. The molecule has 0 radical (unpaired) electrons. The number of rotatable bonds is 2. The summed E-state index contributed by atoms with van der Waals surface area (Å²) >= 11 is 0. The van der Waals surface area contributed by atoms with Crippen LogP contribution in [0.2, 0.25) is 0 Å². The second-order valence-corrected chi connectivity index (χ2v) is 5.98. The van der Waals surface area contributed by atoms with Crippen molar-refractivity contribution in [1.29, 1.82) is 0 Å². The Labute approximate surface area is 128 Å². The third-order valence-electron chi connectivity index (χ3n) is 4.81. The number of carbonyl (C=O) groups excluding carboxylic acids is 1. The van der Waals surface area contributed by atoms with E-state index in [0.29, 0.717) is 11.5 Å². The van der Waals surface area contributed by atoms with Gasteiger partial charge in [0.1, 0.15) is 11.5 Å². The fourth-order valence-electron chi connectivity index (χ4n) is 3.89. The molecular weight excluding hydrogens is 276 g/mol. The molecule has 2 aromatic carbocycles. The van der Waals surface area contributed by atoms with Crippen LogP contribution in [0.5, 0.6) is 11.5 Å². The third kappa shape index (κ3) is 1.59. The normalized spacial score (nSPS) is 21.6. The van der Waals surface area contributed by atoms with Gasteiger partial charge in [-0.3, -0.25) is 0 Å².